The van der Waals surface area contributed by atoms with Gasteiger partial charge in [0.15, 0.2) is 0 Å². The van der Waals surface area contributed by atoms with Crippen molar-refractivity contribution in [3.8, 4) is 0 Å². The molecular weight excluding hydrogens is 408 g/mol. The smallest absolute Gasteiger partial charge is 0.244 e. The summed E-state index contributed by atoms with van der Waals surface area (Å²) in [5.74, 6) is -0.266. The Morgan fingerprint density at radius 3 is 2.23 bits per heavy atom. The molecule has 0 aromatic heterocycles. The molecule has 5 nitrogen and oxygen atoms in total. The van der Waals surface area contributed by atoms with Gasteiger partial charge in [0.2, 0.25) is 15.9 Å². The monoisotopic (exact) mass is 442 g/mol. The van der Waals surface area contributed by atoms with Crippen molar-refractivity contribution in [1.29, 1.82) is 0 Å². The number of hydrogen-bond donors (Lipinski definition) is 1. The zero-order chi connectivity index (χ0) is 22.6. The summed E-state index contributed by atoms with van der Waals surface area (Å²) in [6.45, 7) is 5.83. The summed E-state index contributed by atoms with van der Waals surface area (Å²) in [7, 11) is -3.63. The molecule has 0 heterocycles. The number of carbonyl (C=O) groups is 1. The molecule has 2 atom stereocenters. The SMILES string of the molecule is CC[C@H](NC(=O)[C@H](CC)N(c1ccc(C)cc1)S(C)(=O)=O)c1ccc2c(c1)CCCC2. The van der Waals surface area contributed by atoms with Crippen LogP contribution in [0.1, 0.15) is 67.8 Å². The van der Waals surface area contributed by atoms with E-state index in [1.54, 1.807) is 12.1 Å². The lowest BCUT2D eigenvalue weighted by Crippen LogP contribution is -2.50. The topological polar surface area (TPSA) is 66.5 Å². The highest BCUT2D eigenvalue weighted by atomic mass is 32.2. The Bertz CT molecular complexity index is 1020. The number of hydrogen-bond acceptors (Lipinski definition) is 3. The summed E-state index contributed by atoms with van der Waals surface area (Å²) in [6, 6.07) is 12.8. The zero-order valence-corrected chi connectivity index (χ0v) is 19.8. The second-order valence-corrected chi connectivity index (χ2v) is 10.4. The number of benzene rings is 2. The van der Waals surface area contributed by atoms with Crippen molar-refractivity contribution in [2.24, 2.45) is 0 Å². The maximum atomic E-state index is 13.3. The van der Waals surface area contributed by atoms with Crippen LogP contribution in [0.25, 0.3) is 0 Å². The zero-order valence-electron chi connectivity index (χ0n) is 19.0. The first-order valence-electron chi connectivity index (χ1n) is 11.2. The van der Waals surface area contributed by atoms with E-state index in [4.69, 9.17) is 0 Å². The van der Waals surface area contributed by atoms with Gasteiger partial charge in [0.1, 0.15) is 6.04 Å². The average Bonchev–Trinajstić information content (AvgIpc) is 2.75. The minimum atomic E-state index is -3.63. The molecule has 1 N–H and O–H groups in total. The van der Waals surface area contributed by atoms with Crippen LogP contribution in [0.4, 0.5) is 5.69 Å². The fraction of sp³-hybridized carbons (Fsp3) is 0.480. The predicted molar refractivity (Wildman–Crippen MR) is 127 cm³/mol. The van der Waals surface area contributed by atoms with E-state index in [1.165, 1.54) is 28.3 Å². The molecule has 0 spiro atoms. The summed E-state index contributed by atoms with van der Waals surface area (Å²) in [4.78, 5) is 13.3. The van der Waals surface area contributed by atoms with Crippen molar-refractivity contribution in [3.05, 3.63) is 64.7 Å². The van der Waals surface area contributed by atoms with E-state index >= 15 is 0 Å². The molecule has 0 unspecified atom stereocenters. The van der Waals surface area contributed by atoms with Crippen LogP contribution in [-0.2, 0) is 27.7 Å². The maximum absolute atomic E-state index is 13.3. The third-order valence-corrected chi connectivity index (χ3v) is 7.30. The van der Waals surface area contributed by atoms with E-state index in [9.17, 15) is 13.2 Å². The number of nitrogens with zero attached hydrogens (tertiary/aromatic N) is 1. The van der Waals surface area contributed by atoms with Crippen LogP contribution in [0.5, 0.6) is 0 Å². The van der Waals surface area contributed by atoms with Crippen LogP contribution >= 0.6 is 0 Å². The van der Waals surface area contributed by atoms with Gasteiger partial charge >= 0.3 is 0 Å². The van der Waals surface area contributed by atoms with E-state index in [-0.39, 0.29) is 11.9 Å². The number of rotatable bonds is 8. The molecule has 168 valence electrons. The van der Waals surface area contributed by atoms with Gasteiger partial charge < -0.3 is 5.32 Å². The fourth-order valence-corrected chi connectivity index (χ4v) is 5.62. The van der Waals surface area contributed by atoms with Gasteiger partial charge in [-0.05, 0) is 74.3 Å². The van der Waals surface area contributed by atoms with Gasteiger partial charge in [-0.25, -0.2) is 8.42 Å². The highest BCUT2D eigenvalue weighted by Crippen LogP contribution is 2.27. The Balaban J connectivity index is 1.86. The number of amides is 1. The molecular formula is C25H34N2O3S. The largest absolute Gasteiger partial charge is 0.347 e. The fourth-order valence-electron chi connectivity index (χ4n) is 4.41. The van der Waals surface area contributed by atoms with E-state index in [2.05, 4.69) is 23.5 Å². The highest BCUT2D eigenvalue weighted by Gasteiger charge is 2.32. The van der Waals surface area contributed by atoms with Gasteiger partial charge in [-0.2, -0.15) is 0 Å². The van der Waals surface area contributed by atoms with Gasteiger partial charge in [0.25, 0.3) is 0 Å². The molecule has 0 saturated heterocycles. The molecule has 1 aliphatic rings. The highest BCUT2D eigenvalue weighted by molar-refractivity contribution is 7.92. The number of nitrogens with one attached hydrogen (secondary N) is 1. The van der Waals surface area contributed by atoms with Crippen molar-refractivity contribution < 1.29 is 13.2 Å². The minimum Gasteiger partial charge on any atom is -0.347 e. The predicted octanol–water partition coefficient (Wildman–Crippen LogP) is 4.69. The molecule has 0 aliphatic heterocycles. The number of fused-ring (bicyclic) bond motifs is 1. The third kappa shape index (κ3) is 5.48. The van der Waals surface area contributed by atoms with Crippen LogP contribution in [-0.4, -0.2) is 26.6 Å². The van der Waals surface area contributed by atoms with Gasteiger partial charge in [-0.15, -0.1) is 0 Å². The summed E-state index contributed by atoms with van der Waals surface area (Å²) in [6.07, 6.45) is 6.93. The second kappa shape index (κ2) is 9.86. The first-order chi connectivity index (χ1) is 14.7. The van der Waals surface area contributed by atoms with Gasteiger partial charge in [-0.3, -0.25) is 9.10 Å². The third-order valence-electron chi connectivity index (χ3n) is 6.12. The van der Waals surface area contributed by atoms with Crippen molar-refractivity contribution in [1.82, 2.24) is 5.32 Å². The molecule has 6 heteroatoms. The standard InChI is InChI=1S/C25H34N2O3S/c1-5-23(21-14-13-19-9-7-8-10-20(19)17-21)26-25(28)24(6-2)27(31(4,29)30)22-15-11-18(3)12-16-22/h11-17,23-24H,5-10H2,1-4H3,(H,26,28)/t23-,24-/m0/s1. The van der Waals surface area contributed by atoms with Crippen molar-refractivity contribution in [2.75, 3.05) is 10.6 Å². The first kappa shape index (κ1) is 23.3. The van der Waals surface area contributed by atoms with E-state index in [1.807, 2.05) is 32.9 Å². The summed E-state index contributed by atoms with van der Waals surface area (Å²) in [5.41, 5.74) is 5.42. The van der Waals surface area contributed by atoms with Crippen LogP contribution < -0.4 is 9.62 Å². The summed E-state index contributed by atoms with van der Waals surface area (Å²) >= 11 is 0. The molecule has 2 aromatic rings. The number of carbonyl (C=O) groups excluding carboxylic acids is 1. The number of sulfonamides is 1. The summed E-state index contributed by atoms with van der Waals surface area (Å²) < 4.78 is 26.6. The Hall–Kier alpha value is -2.34. The molecule has 0 saturated carbocycles. The summed E-state index contributed by atoms with van der Waals surface area (Å²) in [5, 5.41) is 3.13. The number of anilines is 1. The molecule has 1 aliphatic carbocycles. The van der Waals surface area contributed by atoms with Gasteiger partial charge in [0.05, 0.1) is 18.0 Å². The normalized spacial score (nSPS) is 15.6. The minimum absolute atomic E-state index is 0.145. The van der Waals surface area contributed by atoms with Crippen molar-refractivity contribution >= 4 is 21.6 Å². The van der Waals surface area contributed by atoms with Crippen molar-refractivity contribution in [3.63, 3.8) is 0 Å². The van der Waals surface area contributed by atoms with Crippen molar-refractivity contribution in [2.45, 2.75) is 71.4 Å². The van der Waals surface area contributed by atoms with Crippen LogP contribution in [0, 0.1) is 6.92 Å². The van der Waals surface area contributed by atoms with E-state index in [0.29, 0.717) is 12.1 Å². The quantitative estimate of drug-likeness (QED) is 0.645. The average molecular weight is 443 g/mol. The molecule has 0 fully saturated rings. The lowest BCUT2D eigenvalue weighted by Gasteiger charge is -2.31. The molecule has 2 aromatic carbocycles. The Morgan fingerprint density at radius 1 is 1.00 bits per heavy atom. The molecule has 3 rings (SSSR count). The Labute approximate surface area is 186 Å². The molecule has 0 bridgehead atoms. The molecule has 1 amide bonds. The lowest BCUT2D eigenvalue weighted by atomic mass is 9.88. The number of aryl methyl sites for hydroxylation is 3. The lowest BCUT2D eigenvalue weighted by molar-refractivity contribution is -0.123. The van der Waals surface area contributed by atoms with Gasteiger partial charge in [0, 0.05) is 0 Å². The van der Waals surface area contributed by atoms with Gasteiger partial charge in [-0.1, -0.05) is 49.7 Å². The first-order valence-corrected chi connectivity index (χ1v) is 13.1. The Morgan fingerprint density at radius 2 is 1.65 bits per heavy atom. The van der Waals surface area contributed by atoms with Crippen LogP contribution in [0.15, 0.2) is 42.5 Å². The van der Waals surface area contributed by atoms with Crippen LogP contribution in [0.2, 0.25) is 0 Å². The Kier molecular flexibility index (Phi) is 7.42. The van der Waals surface area contributed by atoms with E-state index in [0.717, 1.165) is 36.6 Å². The molecule has 0 radical (unpaired) electrons. The second-order valence-electron chi connectivity index (χ2n) is 8.52. The molecule has 31 heavy (non-hydrogen) atoms. The van der Waals surface area contributed by atoms with Crippen LogP contribution in [0.3, 0.4) is 0 Å². The maximum Gasteiger partial charge on any atom is 0.244 e. The van der Waals surface area contributed by atoms with E-state index < -0.39 is 16.1 Å².